The largest absolute Gasteiger partial charge is 0.497 e. The highest BCUT2D eigenvalue weighted by Crippen LogP contribution is 2.59. The molecule has 140 heavy (non-hydrogen) atoms. The number of nitrogens with zero attached hydrogens (tertiary/aromatic N) is 4. The predicted molar refractivity (Wildman–Crippen MR) is 509 cm³/mol. The Morgan fingerprint density at radius 3 is 0.757 bits per heavy atom. The third-order valence-corrected chi connectivity index (χ3v) is 24.8. The van der Waals surface area contributed by atoms with Crippen LogP contribution in [0.3, 0.4) is 0 Å². The molecular weight excluding hydrogens is 1790 g/mol. The summed E-state index contributed by atoms with van der Waals surface area (Å²) in [6.07, 6.45) is -1.99. The van der Waals surface area contributed by atoms with Crippen molar-refractivity contribution in [2.45, 2.75) is 49.3 Å². The predicted octanol–water partition coefficient (Wildman–Crippen LogP) is 18.3. The highest BCUT2D eigenvalue weighted by molar-refractivity contribution is 6.45. The molecule has 30 heteroatoms. The Kier molecular flexibility index (Phi) is 24.2. The van der Waals surface area contributed by atoms with Crippen molar-refractivity contribution in [3.05, 3.63) is 335 Å². The smallest absolute Gasteiger partial charge is 0.338 e. The molecule has 6 atom stereocenters. The van der Waals surface area contributed by atoms with E-state index in [0.29, 0.717) is 60.6 Å². The van der Waals surface area contributed by atoms with Gasteiger partial charge in [-0.2, -0.15) is 0 Å². The van der Waals surface area contributed by atoms with Crippen molar-refractivity contribution in [2.75, 3.05) is 91.1 Å². The molecule has 0 spiro atoms. The standard InChI is InChI=1S/C110H84N4O26/c1-125-71-31-15-35-75(45-71)137-89-49-83-93-84(102(116)113(101(83)115)87(39-61-19-7-5-8-20-61)105(119)111(67-27-11-23-63(41-67)107(121)133-57-79-53-129-79)68-28-12-24-64(42-68)108(122)134-58-80-54-130-80)51-91(139-77-37-17-33-73(47-77)127-3)97-98-92(140-78-38-18-34-74(48-78)128-4)52-86-94-85(50-90(96(100(94)98)95(89)99(93)97)138-76-36-16-32-72(46-76)126-2)103(117)114(104(86)118)88(40-62-21-9-6-10-22-62)106(120)112(69-29-13-25-65(43-69)109(123)135-59-81-55-131-81)70-30-14-26-66(44-70)110(124)136-60-82-56-132-82/h5-38,41-52,79-82,87-88H,39-40,53-60H2,1-4H3. The van der Waals surface area contributed by atoms with E-state index in [1.165, 1.54) is 135 Å². The topological polar surface area (TPSA) is 345 Å². The molecule has 0 aromatic heterocycles. The van der Waals surface area contributed by atoms with E-state index in [9.17, 15) is 19.2 Å². The van der Waals surface area contributed by atoms with E-state index in [1.807, 2.05) is 0 Å². The molecule has 21 rings (SSSR count). The molecule has 6 unspecified atom stereocenters. The number of esters is 4. The molecule has 0 N–H and O–H groups in total. The number of hydrogen-bond acceptors (Lipinski definition) is 26. The highest BCUT2D eigenvalue weighted by Gasteiger charge is 2.49. The molecule has 6 aliphatic rings. The maximum Gasteiger partial charge on any atom is 0.338 e. The Morgan fingerprint density at radius 2 is 0.521 bits per heavy atom. The third-order valence-electron chi connectivity index (χ3n) is 24.8. The van der Waals surface area contributed by atoms with Gasteiger partial charge in [0.15, 0.2) is 0 Å². The molecule has 6 aliphatic heterocycles. The molecule has 6 heterocycles. The number of amides is 6. The maximum atomic E-state index is 17.5. The minimum atomic E-state index is -1.87. The molecule has 0 bridgehead atoms. The van der Waals surface area contributed by atoms with Crippen LogP contribution in [0.15, 0.2) is 279 Å². The maximum absolute atomic E-state index is 17.5. The molecule has 0 radical (unpaired) electrons. The Labute approximate surface area is 798 Å². The van der Waals surface area contributed by atoms with Crippen molar-refractivity contribution in [3.8, 4) is 69.0 Å². The summed E-state index contributed by atoms with van der Waals surface area (Å²) in [5.74, 6) is -7.92. The minimum absolute atomic E-state index is 0.00665. The van der Waals surface area contributed by atoms with E-state index in [-0.39, 0.29) is 220 Å². The molecule has 6 amide bonds. The van der Waals surface area contributed by atoms with E-state index in [1.54, 1.807) is 182 Å². The number of rotatable bonds is 36. The van der Waals surface area contributed by atoms with Crippen molar-refractivity contribution in [1.82, 2.24) is 9.80 Å². The zero-order valence-electron chi connectivity index (χ0n) is 75.5. The van der Waals surface area contributed by atoms with Crippen molar-refractivity contribution in [2.24, 2.45) is 0 Å². The van der Waals surface area contributed by atoms with Gasteiger partial charge in [-0.15, -0.1) is 0 Å². The van der Waals surface area contributed by atoms with Gasteiger partial charge in [0.05, 0.1) is 99.4 Å². The number of imide groups is 2. The number of benzene rings is 15. The van der Waals surface area contributed by atoms with Crippen LogP contribution in [-0.4, -0.2) is 187 Å². The summed E-state index contributed by atoms with van der Waals surface area (Å²) >= 11 is 0. The van der Waals surface area contributed by atoms with E-state index < -0.39 is 71.4 Å². The molecular formula is C110H84N4O26. The van der Waals surface area contributed by atoms with Crippen LogP contribution in [0.4, 0.5) is 22.7 Å². The lowest BCUT2D eigenvalue weighted by molar-refractivity contribution is -0.122. The van der Waals surface area contributed by atoms with Crippen molar-refractivity contribution < 1.29 is 124 Å². The number of epoxide rings is 4. The Bertz CT molecular complexity index is 6730. The summed E-state index contributed by atoms with van der Waals surface area (Å²) in [5, 5.41) is 0.227. The van der Waals surface area contributed by atoms with Gasteiger partial charge in [0.25, 0.3) is 35.4 Å². The quantitative estimate of drug-likeness (QED) is 0.00879. The number of fused-ring (bicyclic) bond motifs is 2. The SMILES string of the molecule is COc1cccc(Oc2cc3c4c(cc(Oc5cccc(OC)c5)c5c6c(Oc7cccc(OC)c7)cc7c8c(cc(Oc9cccc(OC)c9)c(c2c45)c86)C(=O)N(C(Cc2ccccc2)C(=O)N(c2cccc(C(=O)OCC4CO4)c2)c2cccc(C(=O)OCC4CO4)c2)C7=O)C(=O)N(C(Cc2ccccc2)C(=O)N(c2cccc(C(=O)OCC4CO4)c2)c2cccc(C(=O)OCC4CO4)c2)C3=O)c1. The van der Waals surface area contributed by atoms with E-state index >= 15 is 28.8 Å². The van der Waals surface area contributed by atoms with Crippen LogP contribution in [-0.2, 0) is 60.3 Å². The third kappa shape index (κ3) is 18.0. The second-order valence-electron chi connectivity index (χ2n) is 33.9. The zero-order chi connectivity index (χ0) is 96.1. The summed E-state index contributed by atoms with van der Waals surface area (Å²) in [5.41, 5.74) is 0.209. The Hall–Kier alpha value is -17.1. The summed E-state index contributed by atoms with van der Waals surface area (Å²) in [6.45, 7) is 1.31. The first-order valence-corrected chi connectivity index (χ1v) is 45.0. The fourth-order valence-corrected chi connectivity index (χ4v) is 17.7. The fraction of sp³-hybridized carbons (Fsp3) is 0.182. The van der Waals surface area contributed by atoms with Gasteiger partial charge < -0.3 is 75.8 Å². The van der Waals surface area contributed by atoms with Gasteiger partial charge in [0.1, 0.15) is 132 Å². The Morgan fingerprint density at radius 1 is 0.286 bits per heavy atom. The summed E-state index contributed by atoms with van der Waals surface area (Å²) in [7, 11) is 5.86. The number of methoxy groups -OCH3 is 4. The van der Waals surface area contributed by atoms with Crippen molar-refractivity contribution in [3.63, 3.8) is 0 Å². The van der Waals surface area contributed by atoms with E-state index in [0.717, 1.165) is 9.80 Å². The second-order valence-corrected chi connectivity index (χ2v) is 33.9. The van der Waals surface area contributed by atoms with Crippen LogP contribution >= 0.6 is 0 Å². The molecule has 700 valence electrons. The summed E-state index contributed by atoms with van der Waals surface area (Å²) in [4.78, 5) is 165. The van der Waals surface area contributed by atoms with Crippen LogP contribution in [0.2, 0.25) is 0 Å². The lowest BCUT2D eigenvalue weighted by Crippen LogP contribution is -2.55. The molecule has 0 saturated carbocycles. The number of hydrogen-bond donors (Lipinski definition) is 0. The van der Waals surface area contributed by atoms with E-state index in [2.05, 4.69) is 0 Å². The lowest BCUT2D eigenvalue weighted by Gasteiger charge is -2.38. The molecule has 30 nitrogen and oxygen atoms in total. The second kappa shape index (κ2) is 37.9. The number of carbonyl (C=O) groups excluding carboxylic acids is 10. The number of ether oxygens (including phenoxy) is 16. The van der Waals surface area contributed by atoms with Crippen LogP contribution in [0, 0.1) is 0 Å². The van der Waals surface area contributed by atoms with Gasteiger partial charge in [0.2, 0.25) is 0 Å². The van der Waals surface area contributed by atoms with Gasteiger partial charge in [-0.1, -0.05) is 109 Å². The van der Waals surface area contributed by atoms with Gasteiger partial charge in [0, 0.05) is 103 Å². The van der Waals surface area contributed by atoms with Crippen LogP contribution in [0.25, 0.3) is 43.1 Å². The molecule has 4 saturated heterocycles. The summed E-state index contributed by atoms with van der Waals surface area (Å²) < 4.78 is 97.3. The van der Waals surface area contributed by atoms with Crippen LogP contribution in [0.1, 0.15) is 94.0 Å². The molecule has 0 aliphatic carbocycles. The molecule has 15 aromatic rings. The molecule has 15 aromatic carbocycles. The number of carbonyl (C=O) groups is 10. The normalized spacial score (nSPS) is 16.2. The monoisotopic (exact) mass is 1880 g/mol. The zero-order valence-corrected chi connectivity index (χ0v) is 75.5. The van der Waals surface area contributed by atoms with Gasteiger partial charge in [-0.25, -0.2) is 19.2 Å². The van der Waals surface area contributed by atoms with Crippen molar-refractivity contribution in [1.29, 1.82) is 0 Å². The number of anilines is 4. The minimum Gasteiger partial charge on any atom is -0.497 e. The van der Waals surface area contributed by atoms with Gasteiger partial charge >= 0.3 is 23.9 Å². The van der Waals surface area contributed by atoms with Crippen molar-refractivity contribution >= 4 is 125 Å². The molecule has 4 fully saturated rings. The van der Waals surface area contributed by atoms with Crippen LogP contribution < -0.4 is 47.7 Å². The Balaban J connectivity index is 0.830. The first-order valence-electron chi connectivity index (χ1n) is 45.0. The first-order chi connectivity index (χ1) is 68.3. The van der Waals surface area contributed by atoms with Gasteiger partial charge in [-0.05, 0) is 157 Å². The van der Waals surface area contributed by atoms with Gasteiger partial charge in [-0.3, -0.25) is 48.4 Å². The fourth-order valence-electron chi connectivity index (χ4n) is 17.7. The average Bonchev–Trinajstić information content (AvgIpc) is 0.959. The summed E-state index contributed by atoms with van der Waals surface area (Å²) in [6, 6.07) is 69.8. The average molecular weight is 1880 g/mol. The lowest BCUT2D eigenvalue weighted by atomic mass is 9.80. The van der Waals surface area contributed by atoms with Crippen LogP contribution in [0.5, 0.6) is 69.0 Å². The van der Waals surface area contributed by atoms with E-state index in [4.69, 9.17) is 75.8 Å². The highest BCUT2D eigenvalue weighted by atomic mass is 16.6. The first kappa shape index (κ1) is 89.5.